The van der Waals surface area contributed by atoms with E-state index >= 15 is 0 Å². The molecular formula is C13H22N2O2. The number of aliphatic hydroxyl groups excluding tert-OH is 1. The molecular weight excluding hydrogens is 216 g/mol. The molecule has 4 nitrogen and oxygen atoms in total. The monoisotopic (exact) mass is 238 g/mol. The number of pyridine rings is 1. The molecule has 2 atom stereocenters. The number of hydrogen-bond donors (Lipinski definition) is 2. The van der Waals surface area contributed by atoms with Crippen molar-refractivity contribution in [2.24, 2.45) is 0 Å². The molecule has 4 heteroatoms. The summed E-state index contributed by atoms with van der Waals surface area (Å²) >= 11 is 0. The summed E-state index contributed by atoms with van der Waals surface area (Å²) in [6.07, 6.45) is 1.63. The van der Waals surface area contributed by atoms with Gasteiger partial charge in [0.1, 0.15) is 11.9 Å². The van der Waals surface area contributed by atoms with Crippen molar-refractivity contribution < 1.29 is 9.84 Å². The molecule has 1 heterocycles. The molecule has 1 aromatic rings. The number of anilines is 1. The summed E-state index contributed by atoms with van der Waals surface area (Å²) in [4.78, 5) is 4.07. The second-order valence-corrected chi connectivity index (χ2v) is 4.49. The second-order valence-electron chi connectivity index (χ2n) is 4.49. The van der Waals surface area contributed by atoms with E-state index in [1.165, 1.54) is 0 Å². The zero-order valence-electron chi connectivity index (χ0n) is 11.0. The quantitative estimate of drug-likeness (QED) is 0.825. The molecule has 0 aliphatic heterocycles. The molecule has 0 saturated carbocycles. The fraction of sp³-hybridized carbons (Fsp3) is 0.615. The van der Waals surface area contributed by atoms with Crippen LogP contribution in [0.4, 0.5) is 5.82 Å². The first-order valence-corrected chi connectivity index (χ1v) is 5.98. The molecule has 0 spiro atoms. The summed E-state index contributed by atoms with van der Waals surface area (Å²) in [5.41, 5.74) is 6.80. The van der Waals surface area contributed by atoms with Crippen LogP contribution in [0.1, 0.15) is 44.4 Å². The molecule has 1 aromatic heterocycles. The van der Waals surface area contributed by atoms with Crippen molar-refractivity contribution in [2.75, 3.05) is 12.3 Å². The number of rotatable bonds is 5. The Hall–Kier alpha value is -1.13. The molecule has 0 aromatic carbocycles. The van der Waals surface area contributed by atoms with E-state index in [1.54, 1.807) is 6.20 Å². The van der Waals surface area contributed by atoms with Gasteiger partial charge in [-0.05, 0) is 38.8 Å². The van der Waals surface area contributed by atoms with Gasteiger partial charge >= 0.3 is 0 Å². The standard InChI is InChI=1S/C13H22N2O2/c1-5-13(4,17-6-2)11(16)10-7-9(3)8-15-12(10)14/h7-8,11,16H,5-6H2,1-4H3,(H2,14,15). The van der Waals surface area contributed by atoms with Gasteiger partial charge in [-0.2, -0.15) is 0 Å². The minimum absolute atomic E-state index is 0.363. The van der Waals surface area contributed by atoms with Gasteiger partial charge in [0.2, 0.25) is 0 Å². The zero-order chi connectivity index (χ0) is 13.1. The van der Waals surface area contributed by atoms with Crippen molar-refractivity contribution in [1.29, 1.82) is 0 Å². The van der Waals surface area contributed by atoms with Crippen molar-refractivity contribution in [3.05, 3.63) is 23.4 Å². The van der Waals surface area contributed by atoms with Gasteiger partial charge in [0, 0.05) is 18.4 Å². The maximum Gasteiger partial charge on any atom is 0.129 e. The fourth-order valence-electron chi connectivity index (χ4n) is 1.85. The highest BCUT2D eigenvalue weighted by atomic mass is 16.5. The summed E-state index contributed by atoms with van der Waals surface area (Å²) < 4.78 is 5.66. The van der Waals surface area contributed by atoms with Crippen LogP contribution in [0.3, 0.4) is 0 Å². The zero-order valence-corrected chi connectivity index (χ0v) is 11.0. The highest BCUT2D eigenvalue weighted by Crippen LogP contribution is 2.34. The lowest BCUT2D eigenvalue weighted by Gasteiger charge is -2.34. The van der Waals surface area contributed by atoms with Gasteiger partial charge in [-0.1, -0.05) is 6.92 Å². The summed E-state index contributed by atoms with van der Waals surface area (Å²) in [6.45, 7) is 8.27. The third kappa shape index (κ3) is 2.96. The number of nitrogens with zero attached hydrogens (tertiary/aromatic N) is 1. The Balaban J connectivity index is 3.09. The van der Waals surface area contributed by atoms with Crippen LogP contribution in [0.25, 0.3) is 0 Å². The molecule has 1 rings (SSSR count). The van der Waals surface area contributed by atoms with Gasteiger partial charge in [-0.15, -0.1) is 0 Å². The van der Waals surface area contributed by atoms with Crippen LogP contribution in [0.5, 0.6) is 0 Å². The molecule has 0 amide bonds. The summed E-state index contributed by atoms with van der Waals surface area (Å²) in [7, 11) is 0. The van der Waals surface area contributed by atoms with E-state index in [-0.39, 0.29) is 0 Å². The van der Waals surface area contributed by atoms with Crippen molar-refractivity contribution in [1.82, 2.24) is 4.98 Å². The van der Waals surface area contributed by atoms with Crippen molar-refractivity contribution >= 4 is 5.82 Å². The predicted molar refractivity (Wildman–Crippen MR) is 68.7 cm³/mol. The fourth-order valence-corrected chi connectivity index (χ4v) is 1.85. The van der Waals surface area contributed by atoms with Gasteiger partial charge in [-0.25, -0.2) is 4.98 Å². The Bertz CT molecular complexity index is 382. The van der Waals surface area contributed by atoms with Crippen molar-refractivity contribution in [2.45, 2.75) is 45.8 Å². The summed E-state index contributed by atoms with van der Waals surface area (Å²) in [6, 6.07) is 1.86. The number of aromatic nitrogens is 1. The number of hydrogen-bond acceptors (Lipinski definition) is 4. The number of ether oxygens (including phenoxy) is 1. The van der Waals surface area contributed by atoms with Crippen molar-refractivity contribution in [3.63, 3.8) is 0 Å². The largest absolute Gasteiger partial charge is 0.385 e. The Morgan fingerprint density at radius 1 is 1.53 bits per heavy atom. The average molecular weight is 238 g/mol. The molecule has 0 saturated heterocycles. The van der Waals surface area contributed by atoms with E-state index in [0.29, 0.717) is 24.4 Å². The molecule has 0 radical (unpaired) electrons. The molecule has 3 N–H and O–H groups in total. The lowest BCUT2D eigenvalue weighted by atomic mass is 9.90. The smallest absolute Gasteiger partial charge is 0.129 e. The molecule has 0 aliphatic carbocycles. The Morgan fingerprint density at radius 2 is 2.18 bits per heavy atom. The van der Waals surface area contributed by atoms with E-state index in [4.69, 9.17) is 10.5 Å². The van der Waals surface area contributed by atoms with E-state index in [2.05, 4.69) is 4.98 Å². The second kappa shape index (κ2) is 5.47. The predicted octanol–water partition coefficient (Wildman–Crippen LogP) is 2.21. The van der Waals surface area contributed by atoms with Gasteiger partial charge in [0.05, 0.1) is 5.60 Å². The van der Waals surface area contributed by atoms with Crippen LogP contribution in [-0.4, -0.2) is 22.3 Å². The maximum atomic E-state index is 10.4. The topological polar surface area (TPSA) is 68.4 Å². The van der Waals surface area contributed by atoms with E-state index in [0.717, 1.165) is 5.56 Å². The van der Waals surface area contributed by atoms with E-state index in [1.807, 2.05) is 33.8 Å². The molecule has 2 unspecified atom stereocenters. The van der Waals surface area contributed by atoms with Crippen LogP contribution in [-0.2, 0) is 4.74 Å². The number of aliphatic hydroxyl groups is 1. The Morgan fingerprint density at radius 3 is 2.71 bits per heavy atom. The van der Waals surface area contributed by atoms with Crippen LogP contribution in [0.2, 0.25) is 0 Å². The lowest BCUT2D eigenvalue weighted by Crippen LogP contribution is -2.36. The molecule has 96 valence electrons. The van der Waals surface area contributed by atoms with Crippen molar-refractivity contribution in [3.8, 4) is 0 Å². The first-order chi connectivity index (χ1) is 7.94. The average Bonchev–Trinajstić information content (AvgIpc) is 2.31. The van der Waals surface area contributed by atoms with Crippen LogP contribution < -0.4 is 5.73 Å². The van der Waals surface area contributed by atoms with E-state index in [9.17, 15) is 5.11 Å². The lowest BCUT2D eigenvalue weighted by molar-refractivity contribution is -0.112. The SMILES string of the molecule is CCOC(C)(CC)C(O)c1cc(C)cnc1N. The van der Waals surface area contributed by atoms with Crippen LogP contribution >= 0.6 is 0 Å². The summed E-state index contributed by atoms with van der Waals surface area (Å²) in [5, 5.41) is 10.4. The Kier molecular flexibility index (Phi) is 4.48. The highest BCUT2D eigenvalue weighted by molar-refractivity contribution is 5.43. The first kappa shape index (κ1) is 13.9. The molecule has 0 fully saturated rings. The number of nitrogens with two attached hydrogens (primary N) is 1. The Labute approximate surface area is 103 Å². The van der Waals surface area contributed by atoms with Crippen LogP contribution in [0.15, 0.2) is 12.3 Å². The van der Waals surface area contributed by atoms with Crippen LogP contribution in [0, 0.1) is 6.92 Å². The minimum atomic E-state index is -0.764. The minimum Gasteiger partial charge on any atom is -0.385 e. The molecule has 0 bridgehead atoms. The maximum absolute atomic E-state index is 10.4. The van der Waals surface area contributed by atoms with Gasteiger partial charge in [-0.3, -0.25) is 0 Å². The summed E-state index contributed by atoms with van der Waals surface area (Å²) in [5.74, 6) is 0.363. The normalized spacial score (nSPS) is 16.5. The third-order valence-electron chi connectivity index (χ3n) is 3.14. The highest BCUT2D eigenvalue weighted by Gasteiger charge is 2.34. The first-order valence-electron chi connectivity index (χ1n) is 5.98. The molecule has 17 heavy (non-hydrogen) atoms. The van der Waals surface area contributed by atoms with Gasteiger partial charge in [0.15, 0.2) is 0 Å². The van der Waals surface area contributed by atoms with Gasteiger partial charge < -0.3 is 15.6 Å². The third-order valence-corrected chi connectivity index (χ3v) is 3.14. The molecule has 0 aliphatic rings. The number of aryl methyl sites for hydroxylation is 1. The van der Waals surface area contributed by atoms with Gasteiger partial charge in [0.25, 0.3) is 0 Å². The van der Waals surface area contributed by atoms with E-state index < -0.39 is 11.7 Å². The number of nitrogen functional groups attached to an aromatic ring is 1.